The van der Waals surface area contributed by atoms with Gasteiger partial charge in [-0.25, -0.2) is 17.6 Å². The van der Waals surface area contributed by atoms with Crippen molar-refractivity contribution >= 4 is 33.3 Å². The number of carbonyl (C=O) groups is 1. The lowest BCUT2D eigenvalue weighted by molar-refractivity contribution is 0.0692. The predicted octanol–water partition coefficient (Wildman–Crippen LogP) is 2.37. The number of halogens is 2. The van der Waals surface area contributed by atoms with Gasteiger partial charge >= 0.3 is 5.97 Å². The molecular formula is C12H8ClFN2O4S. The predicted molar refractivity (Wildman–Crippen MR) is 73.4 cm³/mol. The van der Waals surface area contributed by atoms with Crippen LogP contribution in [0.25, 0.3) is 0 Å². The molecule has 0 amide bonds. The zero-order valence-electron chi connectivity index (χ0n) is 10.2. The average Bonchev–Trinajstić information content (AvgIpc) is 2.40. The summed E-state index contributed by atoms with van der Waals surface area (Å²) < 4.78 is 39.6. The van der Waals surface area contributed by atoms with Crippen molar-refractivity contribution in [2.45, 2.75) is 4.90 Å². The molecule has 0 atom stereocenters. The quantitative estimate of drug-likeness (QED) is 0.897. The van der Waals surface area contributed by atoms with E-state index in [1.54, 1.807) is 0 Å². The molecule has 0 spiro atoms. The Hall–Kier alpha value is -2.19. The maximum Gasteiger partial charge on any atom is 0.338 e. The van der Waals surface area contributed by atoms with E-state index in [0.29, 0.717) is 0 Å². The summed E-state index contributed by atoms with van der Waals surface area (Å²) in [7, 11) is -4.06. The van der Waals surface area contributed by atoms with Gasteiger partial charge in [-0.15, -0.1) is 0 Å². The van der Waals surface area contributed by atoms with Crippen molar-refractivity contribution in [1.29, 1.82) is 0 Å². The van der Waals surface area contributed by atoms with Gasteiger partial charge in [0, 0.05) is 18.1 Å². The van der Waals surface area contributed by atoms with Crippen LogP contribution in [0, 0.1) is 5.82 Å². The standard InChI is InChI=1S/C12H8ClFN2O4S/c13-9-3-4-15-6-11(9)21(19,20)16-7-1-2-10(14)8(5-7)12(17)18/h1-6,16H,(H,17,18). The maximum absolute atomic E-state index is 13.3. The lowest BCUT2D eigenvalue weighted by atomic mass is 10.2. The van der Waals surface area contributed by atoms with E-state index >= 15 is 0 Å². The summed E-state index contributed by atoms with van der Waals surface area (Å²) in [6.07, 6.45) is 2.37. The molecule has 1 heterocycles. The first kappa shape index (κ1) is 15.2. The van der Waals surface area contributed by atoms with Crippen molar-refractivity contribution < 1.29 is 22.7 Å². The van der Waals surface area contributed by atoms with Crippen LogP contribution < -0.4 is 4.72 Å². The van der Waals surface area contributed by atoms with E-state index in [-0.39, 0.29) is 15.6 Å². The van der Waals surface area contributed by atoms with E-state index in [0.717, 1.165) is 24.4 Å². The summed E-state index contributed by atoms with van der Waals surface area (Å²) in [6, 6.07) is 4.12. The molecule has 0 fully saturated rings. The Labute approximate surface area is 124 Å². The number of carboxylic acid groups (broad SMARTS) is 1. The highest BCUT2D eigenvalue weighted by Gasteiger charge is 2.19. The van der Waals surface area contributed by atoms with Gasteiger partial charge in [0.1, 0.15) is 10.7 Å². The van der Waals surface area contributed by atoms with E-state index in [2.05, 4.69) is 9.71 Å². The number of hydrogen-bond acceptors (Lipinski definition) is 4. The van der Waals surface area contributed by atoms with Crippen LogP contribution in [0.2, 0.25) is 5.02 Å². The Balaban J connectivity index is 2.40. The van der Waals surface area contributed by atoms with E-state index in [1.807, 2.05) is 0 Å². The molecule has 110 valence electrons. The fourth-order valence-electron chi connectivity index (χ4n) is 1.52. The number of sulfonamides is 1. The SMILES string of the molecule is O=C(O)c1cc(NS(=O)(=O)c2cnccc2Cl)ccc1F. The van der Waals surface area contributed by atoms with Gasteiger partial charge in [-0.1, -0.05) is 11.6 Å². The van der Waals surface area contributed by atoms with Gasteiger partial charge in [0.15, 0.2) is 0 Å². The van der Waals surface area contributed by atoms with Crippen LogP contribution in [-0.4, -0.2) is 24.5 Å². The molecule has 2 rings (SSSR count). The van der Waals surface area contributed by atoms with Crippen molar-refractivity contribution in [2.24, 2.45) is 0 Å². The highest BCUT2D eigenvalue weighted by atomic mass is 35.5. The molecule has 6 nitrogen and oxygen atoms in total. The maximum atomic E-state index is 13.3. The number of aromatic nitrogens is 1. The molecule has 9 heteroatoms. The van der Waals surface area contributed by atoms with Crippen LogP contribution in [0.4, 0.5) is 10.1 Å². The lowest BCUT2D eigenvalue weighted by Crippen LogP contribution is -2.14. The average molecular weight is 331 g/mol. The molecular weight excluding hydrogens is 323 g/mol. The smallest absolute Gasteiger partial charge is 0.338 e. The first-order valence-electron chi connectivity index (χ1n) is 5.46. The molecule has 2 N–H and O–H groups in total. The van der Waals surface area contributed by atoms with Crippen molar-refractivity contribution in [3.8, 4) is 0 Å². The first-order valence-corrected chi connectivity index (χ1v) is 7.32. The number of rotatable bonds is 4. The molecule has 0 aliphatic heterocycles. The van der Waals surface area contributed by atoms with Crippen molar-refractivity contribution in [3.05, 3.63) is 53.1 Å². The van der Waals surface area contributed by atoms with Gasteiger partial charge in [0.2, 0.25) is 0 Å². The van der Waals surface area contributed by atoms with Gasteiger partial charge in [-0.2, -0.15) is 0 Å². The van der Waals surface area contributed by atoms with Gasteiger partial charge < -0.3 is 5.11 Å². The summed E-state index contributed by atoms with van der Waals surface area (Å²) in [5.41, 5.74) is -0.749. The number of carboxylic acids is 1. The third-order valence-electron chi connectivity index (χ3n) is 2.47. The minimum absolute atomic E-state index is 0.0435. The summed E-state index contributed by atoms with van der Waals surface area (Å²) in [6.45, 7) is 0. The summed E-state index contributed by atoms with van der Waals surface area (Å²) in [5.74, 6) is -2.47. The minimum Gasteiger partial charge on any atom is -0.478 e. The molecule has 2 aromatic rings. The van der Waals surface area contributed by atoms with Crippen LogP contribution in [0.3, 0.4) is 0 Å². The van der Waals surface area contributed by atoms with Crippen LogP contribution >= 0.6 is 11.6 Å². The zero-order chi connectivity index (χ0) is 15.6. The number of pyridine rings is 1. The van der Waals surface area contributed by atoms with Crippen molar-refractivity contribution in [1.82, 2.24) is 4.98 Å². The monoisotopic (exact) mass is 330 g/mol. The molecule has 1 aromatic heterocycles. The summed E-state index contributed by atoms with van der Waals surface area (Å²) in [4.78, 5) is 14.2. The van der Waals surface area contributed by atoms with E-state index < -0.39 is 27.4 Å². The largest absolute Gasteiger partial charge is 0.478 e. The number of nitrogens with one attached hydrogen (secondary N) is 1. The second kappa shape index (κ2) is 5.66. The fraction of sp³-hybridized carbons (Fsp3) is 0. The Morgan fingerprint density at radius 2 is 2.05 bits per heavy atom. The van der Waals surface area contributed by atoms with Gasteiger partial charge in [0.05, 0.1) is 10.6 Å². The molecule has 0 aliphatic carbocycles. The van der Waals surface area contributed by atoms with E-state index in [4.69, 9.17) is 16.7 Å². The third kappa shape index (κ3) is 3.29. The normalized spacial score (nSPS) is 11.1. The first-order chi connectivity index (χ1) is 9.81. The number of nitrogens with zero attached hydrogens (tertiary/aromatic N) is 1. The van der Waals surface area contributed by atoms with Gasteiger partial charge in [-0.05, 0) is 24.3 Å². The number of anilines is 1. The van der Waals surface area contributed by atoms with Crippen LogP contribution in [-0.2, 0) is 10.0 Å². The van der Waals surface area contributed by atoms with Crippen LogP contribution in [0.15, 0.2) is 41.6 Å². The second-order valence-corrected chi connectivity index (χ2v) is 5.97. The van der Waals surface area contributed by atoms with Gasteiger partial charge in [0.25, 0.3) is 10.0 Å². The van der Waals surface area contributed by atoms with Crippen LogP contribution in [0.5, 0.6) is 0 Å². The van der Waals surface area contributed by atoms with Crippen molar-refractivity contribution in [2.75, 3.05) is 4.72 Å². The molecule has 0 unspecified atom stereocenters. The van der Waals surface area contributed by atoms with E-state index in [9.17, 15) is 17.6 Å². The molecule has 0 saturated carbocycles. The molecule has 0 aliphatic rings. The molecule has 1 aromatic carbocycles. The highest BCUT2D eigenvalue weighted by Crippen LogP contribution is 2.23. The number of benzene rings is 1. The topological polar surface area (TPSA) is 96.4 Å². The van der Waals surface area contributed by atoms with Crippen molar-refractivity contribution in [3.63, 3.8) is 0 Å². The Morgan fingerprint density at radius 1 is 1.33 bits per heavy atom. The minimum atomic E-state index is -4.06. The summed E-state index contributed by atoms with van der Waals surface area (Å²) in [5, 5.41) is 8.76. The van der Waals surface area contributed by atoms with Crippen LogP contribution in [0.1, 0.15) is 10.4 Å². The Kier molecular flexibility index (Phi) is 4.10. The molecule has 0 radical (unpaired) electrons. The Morgan fingerprint density at radius 3 is 2.67 bits per heavy atom. The summed E-state index contributed by atoms with van der Waals surface area (Å²) >= 11 is 5.77. The molecule has 0 bridgehead atoms. The lowest BCUT2D eigenvalue weighted by Gasteiger charge is -2.09. The van der Waals surface area contributed by atoms with E-state index in [1.165, 1.54) is 12.3 Å². The second-order valence-electron chi connectivity index (χ2n) is 3.91. The molecule has 0 saturated heterocycles. The molecule has 21 heavy (non-hydrogen) atoms. The zero-order valence-corrected chi connectivity index (χ0v) is 11.8. The number of hydrogen-bond donors (Lipinski definition) is 2. The number of aromatic carboxylic acids is 1. The van der Waals surface area contributed by atoms with Gasteiger partial charge in [-0.3, -0.25) is 9.71 Å². The third-order valence-corrected chi connectivity index (χ3v) is 4.32. The Bertz CT molecular complexity index is 811. The fourth-order valence-corrected chi connectivity index (χ4v) is 3.00. The highest BCUT2D eigenvalue weighted by molar-refractivity contribution is 7.92.